The largest absolute Gasteiger partial charge is 0.490 e. The number of benzene rings is 3. The van der Waals surface area contributed by atoms with Crippen molar-refractivity contribution in [1.29, 1.82) is 0 Å². The topological polar surface area (TPSA) is 73.1 Å². The van der Waals surface area contributed by atoms with E-state index in [1.165, 1.54) is 6.21 Å². The van der Waals surface area contributed by atoms with E-state index in [1.54, 1.807) is 18.2 Å². The van der Waals surface area contributed by atoms with Crippen molar-refractivity contribution in [2.45, 2.75) is 13.5 Å². The third-order valence-corrected chi connectivity index (χ3v) is 4.86. The molecule has 3 aromatic carbocycles. The summed E-state index contributed by atoms with van der Waals surface area (Å²) in [6.07, 6.45) is 1.53. The third kappa shape index (κ3) is 5.28. The molecule has 0 radical (unpaired) electrons. The van der Waals surface area contributed by atoms with Crippen LogP contribution in [0.5, 0.6) is 11.5 Å². The molecule has 1 amide bonds. The van der Waals surface area contributed by atoms with Crippen LogP contribution in [0.2, 0.25) is 5.02 Å². The molecular formula is C25H21ClN2O4. The summed E-state index contributed by atoms with van der Waals surface area (Å²) in [6, 6.07) is 22.0. The molecule has 32 heavy (non-hydrogen) atoms. The highest BCUT2D eigenvalue weighted by Crippen LogP contribution is 2.29. The normalized spacial score (nSPS) is 11.1. The first-order valence-electron chi connectivity index (χ1n) is 10.1. The molecule has 0 bridgehead atoms. The number of amides is 1. The lowest BCUT2D eigenvalue weighted by Gasteiger charge is -2.12. The van der Waals surface area contributed by atoms with Gasteiger partial charge in [-0.05, 0) is 60.5 Å². The molecular weight excluding hydrogens is 428 g/mol. The molecule has 1 heterocycles. The molecule has 6 nitrogen and oxygen atoms in total. The van der Waals surface area contributed by atoms with Gasteiger partial charge in [0.15, 0.2) is 17.3 Å². The highest BCUT2D eigenvalue weighted by Gasteiger charge is 2.11. The fraction of sp³-hybridized carbons (Fsp3) is 0.120. The smallest absolute Gasteiger partial charge is 0.307 e. The highest BCUT2D eigenvalue weighted by molar-refractivity contribution is 6.30. The summed E-state index contributed by atoms with van der Waals surface area (Å²) >= 11 is 5.92. The molecule has 0 aliphatic rings. The van der Waals surface area contributed by atoms with Crippen LogP contribution in [0, 0.1) is 0 Å². The van der Waals surface area contributed by atoms with E-state index >= 15 is 0 Å². The van der Waals surface area contributed by atoms with Crippen molar-refractivity contribution >= 4 is 34.7 Å². The summed E-state index contributed by atoms with van der Waals surface area (Å²) in [5, 5.41) is 5.57. The van der Waals surface area contributed by atoms with Crippen LogP contribution in [0.4, 0.5) is 0 Å². The fourth-order valence-electron chi connectivity index (χ4n) is 3.05. The second-order valence-electron chi connectivity index (χ2n) is 6.90. The van der Waals surface area contributed by atoms with Gasteiger partial charge in [0.2, 0.25) is 0 Å². The minimum absolute atomic E-state index is 0.198. The van der Waals surface area contributed by atoms with Gasteiger partial charge in [-0.3, -0.25) is 4.79 Å². The van der Waals surface area contributed by atoms with Crippen LogP contribution in [0.25, 0.3) is 11.0 Å². The van der Waals surface area contributed by atoms with E-state index in [0.29, 0.717) is 35.3 Å². The number of nitrogens with zero attached hydrogens (tertiary/aromatic N) is 1. The van der Waals surface area contributed by atoms with E-state index in [-0.39, 0.29) is 5.76 Å². The summed E-state index contributed by atoms with van der Waals surface area (Å²) in [5.74, 6) is 0.981. The van der Waals surface area contributed by atoms with Crippen molar-refractivity contribution in [3.05, 3.63) is 94.7 Å². The van der Waals surface area contributed by atoms with E-state index in [9.17, 15) is 4.79 Å². The minimum atomic E-state index is -0.426. The monoisotopic (exact) mass is 448 g/mol. The molecule has 4 rings (SSSR count). The van der Waals surface area contributed by atoms with Gasteiger partial charge in [0.25, 0.3) is 0 Å². The SMILES string of the molecule is CCOc1cc(/C=N/NC(=O)c2cc3ccccc3o2)ccc1OCc1ccc(Cl)cc1. The number of hydrogen-bond donors (Lipinski definition) is 1. The average Bonchev–Trinajstić information content (AvgIpc) is 3.24. The molecule has 7 heteroatoms. The van der Waals surface area contributed by atoms with Crippen LogP contribution < -0.4 is 14.9 Å². The number of nitrogens with one attached hydrogen (secondary N) is 1. The predicted molar refractivity (Wildman–Crippen MR) is 125 cm³/mol. The maximum atomic E-state index is 12.3. The number of ether oxygens (including phenoxy) is 2. The molecule has 1 N–H and O–H groups in total. The Morgan fingerprint density at radius 2 is 1.84 bits per heavy atom. The first-order chi connectivity index (χ1) is 15.6. The zero-order valence-electron chi connectivity index (χ0n) is 17.4. The van der Waals surface area contributed by atoms with Gasteiger partial charge in [0.1, 0.15) is 12.2 Å². The van der Waals surface area contributed by atoms with E-state index < -0.39 is 5.91 Å². The van der Waals surface area contributed by atoms with Crippen LogP contribution in [-0.2, 0) is 6.61 Å². The molecule has 0 unspecified atom stereocenters. The van der Waals surface area contributed by atoms with Crippen molar-refractivity contribution in [3.8, 4) is 11.5 Å². The van der Waals surface area contributed by atoms with Gasteiger partial charge in [-0.2, -0.15) is 5.10 Å². The van der Waals surface area contributed by atoms with Crippen LogP contribution in [0.3, 0.4) is 0 Å². The molecule has 0 aliphatic carbocycles. The maximum absolute atomic E-state index is 12.3. The van der Waals surface area contributed by atoms with Crippen molar-refractivity contribution < 1.29 is 18.7 Å². The molecule has 0 fully saturated rings. The number of furan rings is 1. The Labute approximate surface area is 190 Å². The van der Waals surface area contributed by atoms with Gasteiger partial charge in [-0.25, -0.2) is 5.43 Å². The first kappa shape index (κ1) is 21.5. The van der Waals surface area contributed by atoms with Crippen molar-refractivity contribution in [2.75, 3.05) is 6.61 Å². The van der Waals surface area contributed by atoms with Crippen molar-refractivity contribution in [3.63, 3.8) is 0 Å². The zero-order valence-corrected chi connectivity index (χ0v) is 18.1. The lowest BCUT2D eigenvalue weighted by Crippen LogP contribution is -2.16. The molecule has 4 aromatic rings. The Morgan fingerprint density at radius 3 is 2.62 bits per heavy atom. The number of hydrogen-bond acceptors (Lipinski definition) is 5. The number of carbonyl (C=O) groups excluding carboxylic acids is 1. The van der Waals surface area contributed by atoms with Gasteiger partial charge in [-0.1, -0.05) is 41.9 Å². The standard InChI is InChI=1S/C25H21ClN2O4/c1-2-30-23-13-18(9-12-22(23)31-16-17-7-10-20(26)11-8-17)15-27-28-25(29)24-14-19-5-3-4-6-21(19)32-24/h3-15H,2,16H2,1H3,(H,28,29)/b27-15+. The Kier molecular flexibility index (Phi) is 6.72. The lowest BCUT2D eigenvalue weighted by atomic mass is 10.2. The molecule has 0 saturated heterocycles. The molecule has 0 saturated carbocycles. The highest BCUT2D eigenvalue weighted by atomic mass is 35.5. The van der Waals surface area contributed by atoms with Crippen molar-refractivity contribution in [2.24, 2.45) is 5.10 Å². The molecule has 0 aliphatic heterocycles. The van der Waals surface area contributed by atoms with E-state index in [2.05, 4.69) is 10.5 Å². The van der Waals surface area contributed by atoms with Crippen LogP contribution >= 0.6 is 11.6 Å². The Bertz CT molecular complexity index is 1220. The van der Waals surface area contributed by atoms with Crippen LogP contribution in [0.1, 0.15) is 28.6 Å². The average molecular weight is 449 g/mol. The Hall–Kier alpha value is -3.77. The summed E-state index contributed by atoms with van der Waals surface area (Å²) in [4.78, 5) is 12.3. The fourth-order valence-corrected chi connectivity index (χ4v) is 3.17. The quantitative estimate of drug-likeness (QED) is 0.272. The van der Waals surface area contributed by atoms with Gasteiger partial charge < -0.3 is 13.9 Å². The first-order valence-corrected chi connectivity index (χ1v) is 10.5. The number of hydrazone groups is 1. The van der Waals surface area contributed by atoms with Crippen molar-refractivity contribution in [1.82, 2.24) is 5.43 Å². The number of halogens is 1. The molecule has 1 aromatic heterocycles. The zero-order chi connectivity index (χ0) is 22.3. The summed E-state index contributed by atoms with van der Waals surface area (Å²) < 4.78 is 17.2. The number of carbonyl (C=O) groups is 1. The number of fused-ring (bicyclic) bond motifs is 1. The summed E-state index contributed by atoms with van der Waals surface area (Å²) in [6.45, 7) is 2.77. The van der Waals surface area contributed by atoms with E-state index in [0.717, 1.165) is 16.5 Å². The third-order valence-electron chi connectivity index (χ3n) is 4.60. The van der Waals surface area contributed by atoms with Gasteiger partial charge in [-0.15, -0.1) is 0 Å². The second kappa shape index (κ2) is 10.0. The predicted octanol–water partition coefficient (Wildman–Crippen LogP) is 5.83. The van der Waals surface area contributed by atoms with E-state index in [1.807, 2.05) is 61.5 Å². The number of rotatable bonds is 8. The Balaban J connectivity index is 1.41. The summed E-state index contributed by atoms with van der Waals surface area (Å²) in [5.41, 5.74) is 4.87. The second-order valence-corrected chi connectivity index (χ2v) is 7.34. The Morgan fingerprint density at radius 1 is 1.03 bits per heavy atom. The van der Waals surface area contributed by atoms with Gasteiger partial charge >= 0.3 is 5.91 Å². The maximum Gasteiger partial charge on any atom is 0.307 e. The van der Waals surface area contributed by atoms with Crippen LogP contribution in [0.15, 0.2) is 82.3 Å². The van der Waals surface area contributed by atoms with Crippen LogP contribution in [-0.4, -0.2) is 18.7 Å². The van der Waals surface area contributed by atoms with Gasteiger partial charge in [0.05, 0.1) is 12.8 Å². The minimum Gasteiger partial charge on any atom is -0.490 e. The molecule has 0 spiro atoms. The summed E-state index contributed by atoms with van der Waals surface area (Å²) in [7, 11) is 0. The van der Waals surface area contributed by atoms with E-state index in [4.69, 9.17) is 25.5 Å². The van der Waals surface area contributed by atoms with Gasteiger partial charge in [0, 0.05) is 10.4 Å². The lowest BCUT2D eigenvalue weighted by molar-refractivity contribution is 0.0929. The molecule has 162 valence electrons. The molecule has 0 atom stereocenters. The number of para-hydroxylation sites is 1.